The lowest BCUT2D eigenvalue weighted by atomic mass is 10.0. The van der Waals surface area contributed by atoms with Crippen LogP contribution in [-0.4, -0.2) is 10.5 Å². The summed E-state index contributed by atoms with van der Waals surface area (Å²) in [5.41, 5.74) is 8.33. The lowest BCUT2D eigenvalue weighted by molar-refractivity contribution is 0.0941. The zero-order chi connectivity index (χ0) is 13.8. The van der Waals surface area contributed by atoms with E-state index in [4.69, 9.17) is 5.73 Å². The molecule has 0 saturated carbocycles. The van der Waals surface area contributed by atoms with Gasteiger partial charge in [0.1, 0.15) is 0 Å². The second-order valence-electron chi connectivity index (χ2n) is 5.09. The number of nitrogens with zero attached hydrogens (tertiary/aromatic N) is 1. The molecule has 20 heavy (non-hydrogen) atoms. The molecule has 3 nitrogen and oxygen atoms in total. The molecular formula is C16H23ClN2O. The van der Waals surface area contributed by atoms with Gasteiger partial charge in [-0.1, -0.05) is 44.4 Å². The Hall–Kier alpha value is -1.32. The molecule has 0 aliphatic carbocycles. The van der Waals surface area contributed by atoms with Crippen molar-refractivity contribution < 1.29 is 4.79 Å². The van der Waals surface area contributed by atoms with E-state index in [1.165, 1.54) is 12.8 Å². The number of aromatic nitrogens is 1. The summed E-state index contributed by atoms with van der Waals surface area (Å²) in [6.07, 6.45) is 6.42. The van der Waals surface area contributed by atoms with Crippen LogP contribution in [0.15, 0.2) is 30.5 Å². The Morgan fingerprint density at radius 1 is 1.30 bits per heavy atom. The normalized spacial score (nSPS) is 12.2. The number of benzene rings is 1. The lowest BCUT2D eigenvalue weighted by Gasteiger charge is -2.10. The Morgan fingerprint density at radius 2 is 2.00 bits per heavy atom. The van der Waals surface area contributed by atoms with E-state index in [0.29, 0.717) is 0 Å². The van der Waals surface area contributed by atoms with Crippen molar-refractivity contribution in [2.24, 2.45) is 5.73 Å². The minimum absolute atomic E-state index is 0. The van der Waals surface area contributed by atoms with Crippen molar-refractivity contribution in [3.8, 4) is 0 Å². The number of fused-ring (bicyclic) bond motifs is 1. The molecule has 2 rings (SSSR count). The van der Waals surface area contributed by atoms with Gasteiger partial charge in [-0.25, -0.2) is 0 Å². The van der Waals surface area contributed by atoms with Gasteiger partial charge in [-0.3, -0.25) is 9.36 Å². The van der Waals surface area contributed by atoms with Crippen LogP contribution in [0.4, 0.5) is 0 Å². The molecule has 1 heterocycles. The first-order valence-corrected chi connectivity index (χ1v) is 7.01. The van der Waals surface area contributed by atoms with Crippen LogP contribution in [0, 0.1) is 0 Å². The third kappa shape index (κ3) is 3.41. The largest absolute Gasteiger partial charge is 0.324 e. The van der Waals surface area contributed by atoms with Crippen LogP contribution in [0.5, 0.6) is 0 Å². The molecule has 0 aliphatic heterocycles. The SMILES string of the molecule is CCCCC[C@H](N)c1cn(C(C)=O)c2ccccc12.Cl. The Morgan fingerprint density at radius 3 is 2.65 bits per heavy atom. The van der Waals surface area contributed by atoms with Gasteiger partial charge in [0.25, 0.3) is 0 Å². The first-order chi connectivity index (χ1) is 9.15. The van der Waals surface area contributed by atoms with E-state index in [9.17, 15) is 4.79 Å². The highest BCUT2D eigenvalue weighted by molar-refractivity contribution is 5.93. The van der Waals surface area contributed by atoms with Gasteiger partial charge in [-0.2, -0.15) is 0 Å². The van der Waals surface area contributed by atoms with Crippen LogP contribution in [0.25, 0.3) is 10.9 Å². The molecule has 0 aliphatic rings. The molecule has 2 N–H and O–H groups in total. The smallest absolute Gasteiger partial charge is 0.227 e. The van der Waals surface area contributed by atoms with E-state index < -0.39 is 0 Å². The number of hydrogen-bond acceptors (Lipinski definition) is 2. The molecule has 0 amide bonds. The minimum atomic E-state index is 0. The molecule has 4 heteroatoms. The van der Waals surface area contributed by atoms with E-state index >= 15 is 0 Å². The Bertz CT molecular complexity index is 577. The van der Waals surface area contributed by atoms with Gasteiger partial charge in [-0.05, 0) is 18.1 Å². The van der Waals surface area contributed by atoms with Crippen LogP contribution in [-0.2, 0) is 0 Å². The van der Waals surface area contributed by atoms with Crippen LogP contribution in [0.3, 0.4) is 0 Å². The molecule has 0 saturated heterocycles. The van der Waals surface area contributed by atoms with Gasteiger partial charge in [0.05, 0.1) is 5.52 Å². The third-order valence-corrected chi connectivity index (χ3v) is 3.60. The summed E-state index contributed by atoms with van der Waals surface area (Å²) in [5, 5.41) is 1.10. The molecule has 0 unspecified atom stereocenters. The molecule has 1 aromatic heterocycles. The van der Waals surface area contributed by atoms with Gasteiger partial charge in [0.2, 0.25) is 5.91 Å². The highest BCUT2D eigenvalue weighted by Crippen LogP contribution is 2.28. The Kier molecular flexibility index (Phi) is 6.24. The molecular weight excluding hydrogens is 272 g/mol. The number of unbranched alkanes of at least 4 members (excludes halogenated alkanes) is 2. The molecule has 0 radical (unpaired) electrons. The average Bonchev–Trinajstić information content (AvgIpc) is 2.78. The van der Waals surface area contributed by atoms with E-state index in [1.54, 1.807) is 11.5 Å². The van der Waals surface area contributed by atoms with E-state index in [0.717, 1.165) is 29.3 Å². The number of carbonyl (C=O) groups excluding carboxylic acids is 1. The number of rotatable bonds is 5. The van der Waals surface area contributed by atoms with E-state index in [2.05, 4.69) is 6.92 Å². The molecule has 110 valence electrons. The second-order valence-corrected chi connectivity index (χ2v) is 5.09. The first-order valence-electron chi connectivity index (χ1n) is 7.01. The van der Waals surface area contributed by atoms with Crippen molar-refractivity contribution in [2.75, 3.05) is 0 Å². The monoisotopic (exact) mass is 294 g/mol. The summed E-state index contributed by atoms with van der Waals surface area (Å²) >= 11 is 0. The van der Waals surface area contributed by atoms with Gasteiger partial charge in [0, 0.05) is 24.5 Å². The number of hydrogen-bond donors (Lipinski definition) is 1. The molecule has 1 aromatic carbocycles. The van der Waals surface area contributed by atoms with Crippen molar-refractivity contribution in [1.29, 1.82) is 0 Å². The number of carbonyl (C=O) groups is 1. The Balaban J connectivity index is 0.00000200. The molecule has 1 atom stereocenters. The van der Waals surface area contributed by atoms with Gasteiger partial charge >= 0.3 is 0 Å². The van der Waals surface area contributed by atoms with Crippen LogP contribution < -0.4 is 5.73 Å². The topological polar surface area (TPSA) is 48.0 Å². The number of para-hydroxylation sites is 1. The average molecular weight is 295 g/mol. The highest BCUT2D eigenvalue weighted by Gasteiger charge is 2.15. The molecule has 0 bridgehead atoms. The highest BCUT2D eigenvalue weighted by atomic mass is 35.5. The van der Waals surface area contributed by atoms with Crippen LogP contribution >= 0.6 is 12.4 Å². The van der Waals surface area contributed by atoms with Crippen molar-refractivity contribution >= 4 is 29.2 Å². The van der Waals surface area contributed by atoms with Crippen LogP contribution in [0.1, 0.15) is 55.9 Å². The fourth-order valence-electron chi connectivity index (χ4n) is 2.53. The van der Waals surface area contributed by atoms with Gasteiger partial charge < -0.3 is 5.73 Å². The zero-order valence-electron chi connectivity index (χ0n) is 12.1. The fourth-order valence-corrected chi connectivity index (χ4v) is 2.53. The van der Waals surface area contributed by atoms with Crippen molar-refractivity contribution in [1.82, 2.24) is 4.57 Å². The first kappa shape index (κ1) is 16.7. The minimum Gasteiger partial charge on any atom is -0.324 e. The number of halogens is 1. The van der Waals surface area contributed by atoms with E-state index in [1.807, 2.05) is 30.5 Å². The third-order valence-electron chi connectivity index (χ3n) is 3.60. The summed E-state index contributed by atoms with van der Waals surface area (Å²) in [6, 6.07) is 7.98. The fraction of sp³-hybridized carbons (Fsp3) is 0.438. The van der Waals surface area contributed by atoms with Crippen LogP contribution in [0.2, 0.25) is 0 Å². The van der Waals surface area contributed by atoms with Gasteiger partial charge in [-0.15, -0.1) is 12.4 Å². The predicted molar refractivity (Wildman–Crippen MR) is 86.6 cm³/mol. The summed E-state index contributed by atoms with van der Waals surface area (Å²) in [4.78, 5) is 11.7. The summed E-state index contributed by atoms with van der Waals surface area (Å²) in [7, 11) is 0. The maximum Gasteiger partial charge on any atom is 0.227 e. The molecule has 0 fully saturated rings. The van der Waals surface area contributed by atoms with Gasteiger partial charge in [0.15, 0.2) is 0 Å². The van der Waals surface area contributed by atoms with Crippen molar-refractivity contribution in [3.63, 3.8) is 0 Å². The van der Waals surface area contributed by atoms with E-state index in [-0.39, 0.29) is 24.4 Å². The summed E-state index contributed by atoms with van der Waals surface area (Å²) in [6.45, 7) is 3.77. The maximum atomic E-state index is 11.7. The quantitative estimate of drug-likeness (QED) is 0.836. The molecule has 0 spiro atoms. The van der Waals surface area contributed by atoms with Crippen molar-refractivity contribution in [2.45, 2.75) is 45.6 Å². The number of nitrogens with two attached hydrogens (primary N) is 1. The lowest BCUT2D eigenvalue weighted by Crippen LogP contribution is -2.10. The second kappa shape index (κ2) is 7.46. The maximum absolute atomic E-state index is 11.7. The standard InChI is InChI=1S/C16H22N2O.ClH/c1-3-4-5-9-15(17)14-11-18(12(2)19)16-10-7-6-8-13(14)16;/h6-8,10-11,15H,3-5,9,17H2,1-2H3;1H/t15-;/m0./s1. The Labute approximate surface area is 126 Å². The molecule has 2 aromatic rings. The predicted octanol–water partition coefficient (Wildman–Crippen LogP) is 4.30. The van der Waals surface area contributed by atoms with Crippen molar-refractivity contribution in [3.05, 3.63) is 36.0 Å². The zero-order valence-corrected chi connectivity index (χ0v) is 13.0. The summed E-state index contributed by atoms with van der Waals surface area (Å²) in [5.74, 6) is 0.0307. The summed E-state index contributed by atoms with van der Waals surface area (Å²) < 4.78 is 1.70.